The third-order valence-corrected chi connectivity index (χ3v) is 8.71. The van der Waals surface area contributed by atoms with Gasteiger partial charge in [0.05, 0.1) is 5.69 Å². The van der Waals surface area contributed by atoms with Crippen LogP contribution < -0.4 is 10.2 Å². The minimum Gasteiger partial charge on any atom is -0.310 e. The minimum atomic E-state index is -0.378. The molecule has 0 saturated carbocycles. The summed E-state index contributed by atoms with van der Waals surface area (Å²) in [7, 11) is 0. The monoisotopic (exact) mass is 634 g/mol. The fourth-order valence-corrected chi connectivity index (χ4v) is 6.51. The number of allylic oxidation sites excluding steroid dienone is 6. The van der Waals surface area contributed by atoms with Crippen LogP contribution in [0.2, 0.25) is 0 Å². The molecule has 4 heteroatoms. The molecule has 0 atom stereocenters. The van der Waals surface area contributed by atoms with Crippen molar-refractivity contribution in [1.82, 2.24) is 5.32 Å². The summed E-state index contributed by atoms with van der Waals surface area (Å²) in [5.74, 6) is -0.756. The molecule has 1 N–H and O–H groups in total. The van der Waals surface area contributed by atoms with E-state index in [1.165, 1.54) is 5.57 Å². The first-order valence-corrected chi connectivity index (χ1v) is 16.3. The third-order valence-electron chi connectivity index (χ3n) is 8.71. The van der Waals surface area contributed by atoms with Crippen LogP contribution in [0.4, 0.5) is 17.1 Å². The Balaban J connectivity index is 1.40. The number of nitrogens with zero attached hydrogens (tertiary/aromatic N) is 1. The lowest BCUT2D eigenvalue weighted by atomic mass is 9.87. The number of amides is 2. The Morgan fingerprint density at radius 1 is 0.571 bits per heavy atom. The van der Waals surface area contributed by atoms with Crippen molar-refractivity contribution in [3.63, 3.8) is 0 Å². The summed E-state index contributed by atoms with van der Waals surface area (Å²) in [6.07, 6.45) is 10.7. The molecule has 7 rings (SSSR count). The summed E-state index contributed by atoms with van der Waals surface area (Å²) in [6, 6.07) is 49.3. The molecular weight excluding hydrogens is 601 g/mol. The number of hydrogen-bond donors (Lipinski definition) is 1. The van der Waals surface area contributed by atoms with Crippen molar-refractivity contribution < 1.29 is 9.59 Å². The van der Waals surface area contributed by atoms with Gasteiger partial charge in [-0.2, -0.15) is 0 Å². The summed E-state index contributed by atoms with van der Waals surface area (Å²) in [4.78, 5) is 27.8. The normalized spacial score (nSPS) is 13.1. The number of benzene rings is 6. The molecule has 49 heavy (non-hydrogen) atoms. The molecule has 236 valence electrons. The smallest absolute Gasteiger partial charge is 0.258 e. The van der Waals surface area contributed by atoms with Gasteiger partial charge in [-0.15, -0.1) is 0 Å². The first-order valence-electron chi connectivity index (χ1n) is 16.3. The predicted octanol–water partition coefficient (Wildman–Crippen LogP) is 10.8. The first kappa shape index (κ1) is 31.1. The summed E-state index contributed by atoms with van der Waals surface area (Å²) >= 11 is 0. The van der Waals surface area contributed by atoms with E-state index in [-0.39, 0.29) is 11.8 Å². The topological polar surface area (TPSA) is 49.4 Å². The van der Waals surface area contributed by atoms with Gasteiger partial charge < -0.3 is 4.90 Å². The minimum absolute atomic E-state index is 0.378. The van der Waals surface area contributed by atoms with Crippen molar-refractivity contribution >= 4 is 50.8 Å². The Morgan fingerprint density at radius 3 is 1.84 bits per heavy atom. The van der Waals surface area contributed by atoms with Crippen LogP contribution in [-0.4, -0.2) is 11.8 Å². The lowest BCUT2D eigenvalue weighted by Gasteiger charge is -2.28. The number of para-hydroxylation sites is 1. The zero-order chi connectivity index (χ0) is 33.6. The van der Waals surface area contributed by atoms with Crippen LogP contribution in [0, 0.1) is 0 Å². The quantitative estimate of drug-likeness (QED) is 0.0927. The molecule has 6 aromatic rings. The van der Waals surface area contributed by atoms with Gasteiger partial charge in [-0.3, -0.25) is 14.9 Å². The predicted molar refractivity (Wildman–Crippen MR) is 202 cm³/mol. The highest BCUT2D eigenvalue weighted by Crippen LogP contribution is 2.42. The Kier molecular flexibility index (Phi) is 8.94. The fraction of sp³-hybridized carbons (Fsp3) is 0.0222. The number of rotatable bonds is 10. The van der Waals surface area contributed by atoms with Crippen LogP contribution in [0.15, 0.2) is 183 Å². The molecule has 0 unspecified atom stereocenters. The van der Waals surface area contributed by atoms with E-state index >= 15 is 0 Å². The molecule has 1 aliphatic rings. The van der Waals surface area contributed by atoms with Crippen LogP contribution in [0.25, 0.3) is 21.9 Å². The van der Waals surface area contributed by atoms with E-state index in [0.717, 1.165) is 51.1 Å². The number of carbonyl (C=O) groups is 2. The molecule has 0 radical (unpaired) electrons. The highest BCUT2D eigenvalue weighted by Gasteiger charge is 2.27. The van der Waals surface area contributed by atoms with Gasteiger partial charge >= 0.3 is 0 Å². The third kappa shape index (κ3) is 6.28. The van der Waals surface area contributed by atoms with Crippen LogP contribution in [0.1, 0.15) is 43.8 Å². The molecule has 0 saturated heterocycles. The first-order chi connectivity index (χ1) is 24.1. The van der Waals surface area contributed by atoms with Crippen LogP contribution in [0.3, 0.4) is 0 Å². The number of nitrogens with one attached hydrogen (secondary N) is 1. The summed E-state index contributed by atoms with van der Waals surface area (Å²) in [5.41, 5.74) is 9.55. The van der Waals surface area contributed by atoms with Crippen LogP contribution in [-0.2, 0) is 0 Å². The van der Waals surface area contributed by atoms with Gasteiger partial charge in [0.15, 0.2) is 0 Å². The van der Waals surface area contributed by atoms with E-state index in [0.29, 0.717) is 16.5 Å². The summed E-state index contributed by atoms with van der Waals surface area (Å²) in [6.45, 7) is 3.78. The zero-order valence-corrected chi connectivity index (χ0v) is 26.9. The van der Waals surface area contributed by atoms with Gasteiger partial charge in [0.2, 0.25) is 0 Å². The summed E-state index contributed by atoms with van der Waals surface area (Å²) < 4.78 is 0. The maximum absolute atomic E-state index is 12.8. The van der Waals surface area contributed by atoms with Gasteiger partial charge in [-0.25, -0.2) is 0 Å². The lowest BCUT2D eigenvalue weighted by molar-refractivity contribution is 0.0845. The molecule has 1 heterocycles. The molecule has 1 aliphatic heterocycles. The molecule has 0 spiro atoms. The largest absolute Gasteiger partial charge is 0.310 e. The number of carbonyl (C=O) groups excluding carboxylic acids is 2. The van der Waals surface area contributed by atoms with Crippen molar-refractivity contribution in [3.8, 4) is 0 Å². The second-order valence-corrected chi connectivity index (χ2v) is 11.7. The molecule has 4 nitrogen and oxygen atoms in total. The maximum Gasteiger partial charge on any atom is 0.258 e. The average Bonchev–Trinajstić information content (AvgIpc) is 3.15. The molecule has 2 amide bonds. The van der Waals surface area contributed by atoms with Crippen LogP contribution >= 0.6 is 0 Å². The molecule has 0 fully saturated rings. The molecule has 0 aromatic heterocycles. The Labute approximate surface area is 286 Å². The van der Waals surface area contributed by atoms with E-state index in [2.05, 4.69) is 114 Å². The van der Waals surface area contributed by atoms with Gasteiger partial charge in [0.1, 0.15) is 0 Å². The SMILES string of the molecule is C=C/C=C\C=C/C/C(=C(/c1ccccc1)c1ccc(N(c2ccccc2)c2ccc3c4c(cccc24)C(=O)NC3=O)cc1)c1ccccc1. The van der Waals surface area contributed by atoms with Crippen molar-refractivity contribution in [2.24, 2.45) is 0 Å². The number of anilines is 3. The Hall–Kier alpha value is -6.52. The van der Waals surface area contributed by atoms with E-state index in [1.807, 2.05) is 66.7 Å². The van der Waals surface area contributed by atoms with E-state index in [4.69, 9.17) is 0 Å². The van der Waals surface area contributed by atoms with Crippen LogP contribution in [0.5, 0.6) is 0 Å². The van der Waals surface area contributed by atoms with Crippen molar-refractivity contribution in [1.29, 1.82) is 0 Å². The van der Waals surface area contributed by atoms with E-state index in [1.54, 1.807) is 12.1 Å². The molecular formula is C45H34N2O2. The van der Waals surface area contributed by atoms with Crippen molar-refractivity contribution in [2.75, 3.05) is 4.90 Å². The molecule has 0 aliphatic carbocycles. The standard InChI is InChI=1S/C45H34N2O2/c1-2-3-4-5-15-23-37(32-17-9-6-10-18-32)42(33-19-11-7-12-20-33)34-26-28-36(29-27-34)47(35-21-13-8-14-22-35)41-31-30-40-43-38(41)24-16-25-39(43)44(48)46-45(40)49/h2-22,24-31H,1,23H2,(H,46,48,49)/b4-3-,15-5-,42-37+. The van der Waals surface area contributed by atoms with Gasteiger partial charge in [-0.05, 0) is 76.7 Å². The zero-order valence-electron chi connectivity index (χ0n) is 26.9. The molecule has 6 aromatic carbocycles. The highest BCUT2D eigenvalue weighted by molar-refractivity contribution is 6.27. The maximum atomic E-state index is 12.8. The lowest BCUT2D eigenvalue weighted by Crippen LogP contribution is -2.34. The van der Waals surface area contributed by atoms with Gasteiger partial charge in [0, 0.05) is 33.3 Å². The number of imide groups is 1. The second-order valence-electron chi connectivity index (χ2n) is 11.7. The Morgan fingerprint density at radius 2 is 1.16 bits per heavy atom. The average molecular weight is 635 g/mol. The molecule has 0 bridgehead atoms. The fourth-order valence-electron chi connectivity index (χ4n) is 6.51. The van der Waals surface area contributed by atoms with E-state index in [9.17, 15) is 9.59 Å². The second kappa shape index (κ2) is 14.1. The number of hydrogen-bond acceptors (Lipinski definition) is 3. The Bertz CT molecular complexity index is 2230. The van der Waals surface area contributed by atoms with Crippen molar-refractivity contribution in [2.45, 2.75) is 6.42 Å². The van der Waals surface area contributed by atoms with Gasteiger partial charge in [0.25, 0.3) is 11.8 Å². The van der Waals surface area contributed by atoms with Gasteiger partial charge in [-0.1, -0.05) is 140 Å². The van der Waals surface area contributed by atoms with E-state index < -0.39 is 0 Å². The highest BCUT2D eigenvalue weighted by atomic mass is 16.2. The van der Waals surface area contributed by atoms with Crippen molar-refractivity contribution in [3.05, 3.63) is 210 Å². The summed E-state index contributed by atoms with van der Waals surface area (Å²) in [5, 5.41) is 3.98.